The topological polar surface area (TPSA) is 85.4 Å². The van der Waals surface area contributed by atoms with Crippen molar-refractivity contribution >= 4 is 21.1 Å². The Kier molecular flexibility index (Phi) is 2.94. The van der Waals surface area contributed by atoms with Crippen LogP contribution in [0.3, 0.4) is 0 Å². The minimum absolute atomic E-state index is 0.134. The monoisotopic (exact) mass is 331 g/mol. The molecule has 0 amide bonds. The molecule has 23 heavy (non-hydrogen) atoms. The van der Waals surface area contributed by atoms with Crippen LogP contribution in [0.5, 0.6) is 0 Å². The lowest BCUT2D eigenvalue weighted by atomic mass is 10.2. The first-order valence-electron chi connectivity index (χ1n) is 6.99. The normalized spacial score (nSPS) is 15.2. The van der Waals surface area contributed by atoms with E-state index in [1.165, 1.54) is 27.1 Å². The highest BCUT2D eigenvalue weighted by molar-refractivity contribution is 7.89. The Labute approximate surface area is 131 Å². The van der Waals surface area contributed by atoms with Crippen LogP contribution in [0.4, 0.5) is 0 Å². The van der Waals surface area contributed by atoms with Crippen LogP contribution in [0.1, 0.15) is 11.3 Å². The van der Waals surface area contributed by atoms with Crippen LogP contribution in [-0.4, -0.2) is 22.3 Å². The maximum atomic E-state index is 12.8. The molecule has 0 N–H and O–H groups in total. The van der Waals surface area contributed by atoms with E-state index in [1.807, 2.05) is 6.07 Å². The highest BCUT2D eigenvalue weighted by atomic mass is 32.2. The molecule has 2 aromatic heterocycles. The summed E-state index contributed by atoms with van der Waals surface area (Å²) < 4.78 is 33.4. The molecule has 0 spiro atoms. The number of pyridine rings is 1. The van der Waals surface area contributed by atoms with Gasteiger partial charge in [-0.3, -0.25) is 9.55 Å². The van der Waals surface area contributed by atoms with Gasteiger partial charge in [0.05, 0.1) is 22.7 Å². The van der Waals surface area contributed by atoms with Gasteiger partial charge in [0.25, 0.3) is 0 Å². The Bertz CT molecular complexity index is 1060. The number of oxazole rings is 1. The van der Waals surface area contributed by atoms with Crippen molar-refractivity contribution in [3.8, 4) is 0 Å². The second-order valence-electron chi connectivity index (χ2n) is 5.44. The van der Waals surface area contributed by atoms with Crippen LogP contribution in [0.2, 0.25) is 0 Å². The Morgan fingerprint density at radius 3 is 2.83 bits per heavy atom. The molecule has 0 saturated heterocycles. The number of hydrogen-bond acceptors (Lipinski definition) is 5. The summed E-state index contributed by atoms with van der Waals surface area (Å²) in [6.07, 6.45) is 1.66. The Hall–Kier alpha value is -2.45. The highest BCUT2D eigenvalue weighted by Gasteiger charge is 2.31. The summed E-state index contributed by atoms with van der Waals surface area (Å²) >= 11 is 0. The zero-order chi connectivity index (χ0) is 16.2. The Morgan fingerprint density at radius 1 is 1.22 bits per heavy atom. The van der Waals surface area contributed by atoms with Gasteiger partial charge in [-0.05, 0) is 29.8 Å². The third-order valence-electron chi connectivity index (χ3n) is 4.06. The predicted octanol–water partition coefficient (Wildman–Crippen LogP) is 1.23. The standard InChI is InChI=1S/C15H13N3O4S/c1-17-13-7-11(4-5-14(13)22-15(17)19)23(20,21)18-8-10-3-2-6-16-12(10)9-18/h2-7H,8-9H2,1H3. The average Bonchev–Trinajstić information content (AvgIpc) is 3.09. The lowest BCUT2D eigenvalue weighted by Crippen LogP contribution is -2.25. The maximum Gasteiger partial charge on any atom is 0.419 e. The number of nitrogens with zero attached hydrogens (tertiary/aromatic N) is 3. The minimum atomic E-state index is -3.67. The van der Waals surface area contributed by atoms with E-state index in [9.17, 15) is 13.2 Å². The first-order chi connectivity index (χ1) is 11.0. The van der Waals surface area contributed by atoms with Crippen molar-refractivity contribution < 1.29 is 12.8 Å². The third-order valence-corrected chi connectivity index (χ3v) is 5.85. The van der Waals surface area contributed by atoms with Gasteiger partial charge in [0.1, 0.15) is 0 Å². The van der Waals surface area contributed by atoms with E-state index in [0.717, 1.165) is 11.3 Å². The van der Waals surface area contributed by atoms with Crippen molar-refractivity contribution in [1.29, 1.82) is 0 Å². The van der Waals surface area contributed by atoms with Gasteiger partial charge in [0.2, 0.25) is 10.0 Å². The molecule has 3 heterocycles. The van der Waals surface area contributed by atoms with Gasteiger partial charge in [-0.1, -0.05) is 6.07 Å². The maximum absolute atomic E-state index is 12.8. The molecule has 0 fully saturated rings. The summed E-state index contributed by atoms with van der Waals surface area (Å²) in [6.45, 7) is 0.550. The van der Waals surface area contributed by atoms with Crippen molar-refractivity contribution in [2.24, 2.45) is 7.05 Å². The van der Waals surface area contributed by atoms with Gasteiger partial charge in [0.15, 0.2) is 5.58 Å². The van der Waals surface area contributed by atoms with Crippen LogP contribution in [0, 0.1) is 0 Å². The Balaban J connectivity index is 1.78. The summed E-state index contributed by atoms with van der Waals surface area (Å²) in [4.78, 5) is 15.9. The van der Waals surface area contributed by atoms with Crippen LogP contribution in [0.15, 0.2) is 50.6 Å². The van der Waals surface area contributed by atoms with Crippen molar-refractivity contribution in [3.05, 3.63) is 58.3 Å². The molecule has 0 atom stereocenters. The molecule has 1 aromatic carbocycles. The smallest absolute Gasteiger partial charge is 0.408 e. The summed E-state index contributed by atoms with van der Waals surface area (Å²) in [7, 11) is -2.13. The second kappa shape index (κ2) is 4.77. The number of benzene rings is 1. The number of hydrogen-bond donors (Lipinski definition) is 0. The molecule has 7 nitrogen and oxygen atoms in total. The van der Waals surface area contributed by atoms with E-state index < -0.39 is 15.8 Å². The zero-order valence-corrected chi connectivity index (χ0v) is 13.1. The number of rotatable bonds is 2. The number of fused-ring (bicyclic) bond motifs is 2. The molecule has 0 aliphatic carbocycles. The van der Waals surface area contributed by atoms with Gasteiger partial charge in [-0.15, -0.1) is 0 Å². The fourth-order valence-electron chi connectivity index (χ4n) is 2.76. The quantitative estimate of drug-likeness (QED) is 0.705. The van der Waals surface area contributed by atoms with Crippen LogP contribution < -0.4 is 5.76 Å². The molecule has 0 unspecified atom stereocenters. The summed E-state index contributed by atoms with van der Waals surface area (Å²) in [5.74, 6) is -0.521. The van der Waals surface area contributed by atoms with E-state index >= 15 is 0 Å². The van der Waals surface area contributed by atoms with Crippen LogP contribution >= 0.6 is 0 Å². The largest absolute Gasteiger partial charge is 0.419 e. The summed E-state index contributed by atoms with van der Waals surface area (Å²) in [5, 5.41) is 0. The molecule has 1 aliphatic rings. The highest BCUT2D eigenvalue weighted by Crippen LogP contribution is 2.28. The molecule has 0 saturated carbocycles. The molecule has 8 heteroatoms. The van der Waals surface area contributed by atoms with E-state index in [0.29, 0.717) is 17.6 Å². The molecule has 0 radical (unpaired) electrons. The van der Waals surface area contributed by atoms with Gasteiger partial charge in [0, 0.05) is 19.8 Å². The number of sulfonamides is 1. The van der Waals surface area contributed by atoms with Crippen LogP contribution in [0.25, 0.3) is 11.1 Å². The number of aryl methyl sites for hydroxylation is 1. The van der Waals surface area contributed by atoms with Gasteiger partial charge >= 0.3 is 5.76 Å². The van der Waals surface area contributed by atoms with Crippen LogP contribution in [-0.2, 0) is 30.2 Å². The average molecular weight is 331 g/mol. The molecule has 4 rings (SSSR count). The van der Waals surface area contributed by atoms with Gasteiger partial charge in [-0.2, -0.15) is 4.31 Å². The Morgan fingerprint density at radius 2 is 2.04 bits per heavy atom. The SMILES string of the molecule is Cn1c(=O)oc2ccc(S(=O)(=O)N3Cc4cccnc4C3)cc21. The molecule has 0 bridgehead atoms. The third kappa shape index (κ3) is 2.10. The molecular formula is C15H13N3O4S. The van der Waals surface area contributed by atoms with Crippen molar-refractivity contribution in [2.45, 2.75) is 18.0 Å². The zero-order valence-electron chi connectivity index (χ0n) is 12.3. The van der Waals surface area contributed by atoms with Crippen molar-refractivity contribution in [3.63, 3.8) is 0 Å². The summed E-state index contributed by atoms with van der Waals surface area (Å²) in [6, 6.07) is 8.09. The molecule has 118 valence electrons. The van der Waals surface area contributed by atoms with Crippen molar-refractivity contribution in [1.82, 2.24) is 13.9 Å². The molecule has 1 aliphatic heterocycles. The van der Waals surface area contributed by atoms with E-state index in [4.69, 9.17) is 4.42 Å². The first-order valence-corrected chi connectivity index (χ1v) is 8.43. The fourth-order valence-corrected chi connectivity index (χ4v) is 4.16. The fraction of sp³-hybridized carbons (Fsp3) is 0.200. The molecular weight excluding hydrogens is 318 g/mol. The van der Waals surface area contributed by atoms with Crippen molar-refractivity contribution in [2.75, 3.05) is 0 Å². The summed E-state index contributed by atoms with van der Waals surface area (Å²) in [5.41, 5.74) is 2.49. The van der Waals surface area contributed by atoms with Gasteiger partial charge < -0.3 is 4.42 Å². The number of aromatic nitrogens is 2. The molecule has 3 aromatic rings. The minimum Gasteiger partial charge on any atom is -0.408 e. The van der Waals surface area contributed by atoms with E-state index in [-0.39, 0.29) is 11.4 Å². The van der Waals surface area contributed by atoms with Gasteiger partial charge in [-0.25, -0.2) is 13.2 Å². The second-order valence-corrected chi connectivity index (χ2v) is 7.38. The lowest BCUT2D eigenvalue weighted by Gasteiger charge is -2.15. The first kappa shape index (κ1) is 14.2. The van der Waals surface area contributed by atoms with E-state index in [1.54, 1.807) is 19.3 Å². The lowest BCUT2D eigenvalue weighted by molar-refractivity contribution is 0.430. The predicted molar refractivity (Wildman–Crippen MR) is 82.1 cm³/mol. The van der Waals surface area contributed by atoms with E-state index in [2.05, 4.69) is 4.98 Å².